The minimum atomic E-state index is -0.364. The Morgan fingerprint density at radius 3 is 2.66 bits per heavy atom. The van der Waals surface area contributed by atoms with Gasteiger partial charge in [0, 0.05) is 23.6 Å². The van der Waals surface area contributed by atoms with Crippen molar-refractivity contribution in [3.8, 4) is 0 Å². The van der Waals surface area contributed by atoms with Crippen molar-refractivity contribution in [1.82, 2.24) is 5.32 Å². The van der Waals surface area contributed by atoms with Crippen molar-refractivity contribution in [2.45, 2.75) is 51.3 Å². The van der Waals surface area contributed by atoms with E-state index in [9.17, 15) is 14.0 Å². The maximum absolute atomic E-state index is 13.0. The van der Waals surface area contributed by atoms with E-state index in [0.29, 0.717) is 35.2 Å². The summed E-state index contributed by atoms with van der Waals surface area (Å²) in [6.07, 6.45) is 4.50. The van der Waals surface area contributed by atoms with Crippen LogP contribution < -0.4 is 16.0 Å². The van der Waals surface area contributed by atoms with E-state index in [-0.39, 0.29) is 23.7 Å². The molecule has 2 aromatic carbocycles. The van der Waals surface area contributed by atoms with Crippen LogP contribution in [0.4, 0.5) is 15.8 Å². The normalized spacial score (nSPS) is 16.0. The molecular formula is C25H32FN3O2S. The zero-order valence-electron chi connectivity index (χ0n) is 18.7. The molecule has 0 saturated carbocycles. The first kappa shape index (κ1) is 24.1. The molecule has 2 aromatic rings. The molecule has 1 aliphatic heterocycles. The van der Waals surface area contributed by atoms with E-state index >= 15 is 0 Å². The van der Waals surface area contributed by atoms with E-state index in [1.165, 1.54) is 18.6 Å². The lowest BCUT2D eigenvalue weighted by atomic mass is 9.99. The fraction of sp³-hybridized carbons (Fsp3) is 0.440. The fourth-order valence-electron chi connectivity index (χ4n) is 3.66. The number of halogens is 1. The largest absolute Gasteiger partial charge is 0.371 e. The molecule has 32 heavy (non-hydrogen) atoms. The first-order valence-electron chi connectivity index (χ1n) is 11.3. The quantitative estimate of drug-likeness (QED) is 0.420. The summed E-state index contributed by atoms with van der Waals surface area (Å²) in [4.78, 5) is 25.1. The van der Waals surface area contributed by atoms with Crippen molar-refractivity contribution in [2.75, 3.05) is 22.9 Å². The molecule has 3 N–H and O–H groups in total. The summed E-state index contributed by atoms with van der Waals surface area (Å²) < 4.78 is 13.0. The fourth-order valence-corrected chi connectivity index (χ4v) is 4.68. The second-order valence-corrected chi connectivity index (χ2v) is 9.24. The topological polar surface area (TPSA) is 70.2 Å². The number of benzene rings is 2. The van der Waals surface area contributed by atoms with Crippen molar-refractivity contribution >= 4 is 35.0 Å². The Balaban J connectivity index is 1.53. The maximum Gasteiger partial charge on any atom is 0.251 e. The highest BCUT2D eigenvalue weighted by Gasteiger charge is 2.26. The van der Waals surface area contributed by atoms with E-state index in [2.05, 4.69) is 29.8 Å². The molecule has 3 rings (SSSR count). The van der Waals surface area contributed by atoms with Crippen LogP contribution in [0.1, 0.15) is 55.5 Å². The molecule has 0 spiro atoms. The van der Waals surface area contributed by atoms with Gasteiger partial charge in [-0.25, -0.2) is 4.39 Å². The van der Waals surface area contributed by atoms with Gasteiger partial charge in [-0.1, -0.05) is 45.2 Å². The van der Waals surface area contributed by atoms with Crippen LogP contribution in [0.5, 0.6) is 0 Å². The summed E-state index contributed by atoms with van der Waals surface area (Å²) in [5.74, 6) is 1.29. The third-order valence-electron chi connectivity index (χ3n) is 5.75. The molecule has 0 saturated heterocycles. The number of carbonyl (C=O) groups excluding carboxylic acids is 2. The highest BCUT2D eigenvalue weighted by Crippen LogP contribution is 2.29. The second kappa shape index (κ2) is 11.9. The third-order valence-corrected chi connectivity index (χ3v) is 6.85. The van der Waals surface area contributed by atoms with Gasteiger partial charge in [0.05, 0.1) is 11.4 Å². The molecule has 0 fully saturated rings. The Kier molecular flexibility index (Phi) is 8.97. The molecule has 172 valence electrons. The Morgan fingerprint density at radius 1 is 1.16 bits per heavy atom. The van der Waals surface area contributed by atoms with Crippen molar-refractivity contribution in [3.63, 3.8) is 0 Å². The standard InChI is InChI=1S/C25H32FN3O2S/c1-3-5-6-17(4-2)14-27-24(30)19-9-12-21-22(13-19)29-25(31)23(28-21)16-32-15-18-7-10-20(26)11-8-18/h7-13,17,23,28H,3-6,14-16H2,1-2H3,(H,27,30)(H,29,31)/t17-,23+/m1/s1. The lowest BCUT2D eigenvalue weighted by Gasteiger charge is -2.27. The second-order valence-electron chi connectivity index (χ2n) is 8.21. The molecule has 7 heteroatoms. The number of anilines is 2. The minimum absolute atomic E-state index is 0.117. The van der Waals surface area contributed by atoms with Gasteiger partial charge in [-0.15, -0.1) is 0 Å². The summed E-state index contributed by atoms with van der Waals surface area (Å²) in [5, 5.41) is 9.22. The van der Waals surface area contributed by atoms with Gasteiger partial charge in [-0.2, -0.15) is 11.8 Å². The number of rotatable bonds is 11. The van der Waals surface area contributed by atoms with Gasteiger partial charge >= 0.3 is 0 Å². The van der Waals surface area contributed by atoms with Crippen molar-refractivity contribution in [2.24, 2.45) is 5.92 Å². The van der Waals surface area contributed by atoms with Gasteiger partial charge in [0.25, 0.3) is 5.91 Å². The molecule has 0 unspecified atom stereocenters. The smallest absolute Gasteiger partial charge is 0.251 e. The zero-order valence-corrected chi connectivity index (χ0v) is 19.6. The van der Waals surface area contributed by atoms with Gasteiger partial charge in [-0.05, 0) is 48.2 Å². The van der Waals surface area contributed by atoms with Gasteiger partial charge < -0.3 is 16.0 Å². The number of thioether (sulfide) groups is 1. The number of carbonyl (C=O) groups is 2. The van der Waals surface area contributed by atoms with Gasteiger partial charge in [0.15, 0.2) is 0 Å². The van der Waals surface area contributed by atoms with Crippen molar-refractivity contribution in [3.05, 3.63) is 59.4 Å². The lowest BCUT2D eigenvalue weighted by molar-refractivity contribution is -0.116. The first-order chi connectivity index (χ1) is 15.5. The molecule has 2 atom stereocenters. The SMILES string of the molecule is CCCC[C@@H](CC)CNC(=O)c1ccc2c(c1)NC(=O)[C@H](CSCc1ccc(F)cc1)N2. The summed E-state index contributed by atoms with van der Waals surface area (Å²) in [5.41, 5.74) is 2.99. The van der Waals surface area contributed by atoms with Gasteiger partial charge in [0.2, 0.25) is 5.91 Å². The number of nitrogens with one attached hydrogen (secondary N) is 3. The van der Waals surface area contributed by atoms with E-state index < -0.39 is 0 Å². The first-order valence-corrected chi connectivity index (χ1v) is 12.5. The molecule has 0 bridgehead atoms. The molecule has 2 amide bonds. The molecular weight excluding hydrogens is 425 g/mol. The molecule has 5 nitrogen and oxygen atoms in total. The van der Waals surface area contributed by atoms with E-state index in [1.807, 2.05) is 6.07 Å². The third kappa shape index (κ3) is 6.73. The van der Waals surface area contributed by atoms with Crippen LogP contribution in [0.15, 0.2) is 42.5 Å². The maximum atomic E-state index is 13.0. The molecule has 0 radical (unpaired) electrons. The highest BCUT2D eigenvalue weighted by atomic mass is 32.2. The Morgan fingerprint density at radius 2 is 1.94 bits per heavy atom. The number of unbranched alkanes of at least 4 members (excludes halogenated alkanes) is 1. The number of hydrogen-bond donors (Lipinski definition) is 3. The van der Waals surface area contributed by atoms with Crippen LogP contribution in [0, 0.1) is 11.7 Å². The predicted molar refractivity (Wildman–Crippen MR) is 131 cm³/mol. The Labute approximate surface area is 193 Å². The van der Waals surface area contributed by atoms with Crippen LogP contribution in [0.2, 0.25) is 0 Å². The molecule has 1 aliphatic rings. The summed E-state index contributed by atoms with van der Waals surface area (Å²) >= 11 is 1.61. The van der Waals surface area contributed by atoms with E-state index in [1.54, 1.807) is 36.0 Å². The lowest BCUT2D eigenvalue weighted by Crippen LogP contribution is -2.40. The van der Waals surface area contributed by atoms with E-state index in [0.717, 1.165) is 30.5 Å². The number of fused-ring (bicyclic) bond motifs is 1. The predicted octanol–water partition coefficient (Wildman–Crippen LogP) is 5.44. The van der Waals surface area contributed by atoms with Crippen LogP contribution in [0.3, 0.4) is 0 Å². The summed E-state index contributed by atoms with van der Waals surface area (Å²) in [7, 11) is 0. The van der Waals surface area contributed by atoms with Gasteiger partial charge in [-0.3, -0.25) is 9.59 Å². The Hall–Kier alpha value is -2.54. The Bertz CT molecular complexity index is 920. The monoisotopic (exact) mass is 457 g/mol. The van der Waals surface area contributed by atoms with Crippen LogP contribution >= 0.6 is 11.8 Å². The average Bonchev–Trinajstić information content (AvgIpc) is 2.80. The molecule has 0 aromatic heterocycles. The number of amides is 2. The summed E-state index contributed by atoms with van der Waals surface area (Å²) in [6.45, 7) is 5.00. The van der Waals surface area contributed by atoms with Gasteiger partial charge in [0.1, 0.15) is 11.9 Å². The minimum Gasteiger partial charge on any atom is -0.371 e. The van der Waals surface area contributed by atoms with Crippen LogP contribution in [-0.4, -0.2) is 30.2 Å². The van der Waals surface area contributed by atoms with Crippen LogP contribution in [0.25, 0.3) is 0 Å². The average molecular weight is 458 g/mol. The molecule has 0 aliphatic carbocycles. The highest BCUT2D eigenvalue weighted by molar-refractivity contribution is 7.98. The van der Waals surface area contributed by atoms with Crippen molar-refractivity contribution < 1.29 is 14.0 Å². The number of hydrogen-bond acceptors (Lipinski definition) is 4. The molecule has 1 heterocycles. The van der Waals surface area contributed by atoms with Crippen molar-refractivity contribution in [1.29, 1.82) is 0 Å². The van der Waals surface area contributed by atoms with E-state index in [4.69, 9.17) is 0 Å². The zero-order chi connectivity index (χ0) is 22.9. The summed E-state index contributed by atoms with van der Waals surface area (Å²) in [6, 6.07) is 11.4. The van der Waals surface area contributed by atoms with Crippen LogP contribution in [-0.2, 0) is 10.5 Å².